The standard InChI is InChI=1S/C24H27ClN2O3/c1-4-26(5-2)13-14-27-21(18-7-6-8-19(25)15-18)20(23(29)24(27)30)22(28)17-11-9-16(3)10-12-17/h6-12,15,21,28H,4-5,13-14H2,1-3H3. The van der Waals surface area contributed by atoms with E-state index < -0.39 is 17.7 Å². The fraction of sp³-hybridized carbons (Fsp3) is 0.333. The van der Waals surface area contributed by atoms with E-state index in [0.717, 1.165) is 18.7 Å². The molecule has 2 aromatic carbocycles. The van der Waals surface area contributed by atoms with Crippen molar-refractivity contribution in [2.24, 2.45) is 0 Å². The van der Waals surface area contributed by atoms with Crippen LogP contribution in [0.4, 0.5) is 0 Å². The first-order chi connectivity index (χ1) is 14.4. The van der Waals surface area contributed by atoms with Crippen molar-refractivity contribution in [1.29, 1.82) is 0 Å². The molecule has 0 aliphatic carbocycles. The first-order valence-electron chi connectivity index (χ1n) is 10.2. The minimum Gasteiger partial charge on any atom is -0.507 e. The molecule has 1 aliphatic heterocycles. The molecule has 158 valence electrons. The number of aryl methyl sites for hydroxylation is 1. The molecule has 0 bridgehead atoms. The van der Waals surface area contributed by atoms with Gasteiger partial charge in [-0.2, -0.15) is 0 Å². The Kier molecular flexibility index (Phi) is 6.95. The molecule has 1 fully saturated rings. The Morgan fingerprint density at radius 2 is 1.77 bits per heavy atom. The maximum Gasteiger partial charge on any atom is 0.295 e. The lowest BCUT2D eigenvalue weighted by atomic mass is 9.95. The number of hydrogen-bond donors (Lipinski definition) is 1. The SMILES string of the molecule is CCN(CC)CCN1C(=O)C(=O)C(=C(O)c2ccc(C)cc2)C1c1cccc(Cl)c1. The fourth-order valence-corrected chi connectivity index (χ4v) is 3.99. The minimum absolute atomic E-state index is 0.102. The number of nitrogens with zero attached hydrogens (tertiary/aromatic N) is 2. The van der Waals surface area contributed by atoms with E-state index in [9.17, 15) is 14.7 Å². The van der Waals surface area contributed by atoms with Gasteiger partial charge < -0.3 is 14.9 Å². The molecule has 0 radical (unpaired) electrons. The second-order valence-electron chi connectivity index (χ2n) is 7.44. The number of hydrogen-bond acceptors (Lipinski definition) is 4. The summed E-state index contributed by atoms with van der Waals surface area (Å²) in [4.78, 5) is 29.7. The molecule has 0 spiro atoms. The molecule has 1 atom stereocenters. The number of likely N-dealkylation sites (tertiary alicyclic amines) is 1. The van der Waals surface area contributed by atoms with Gasteiger partial charge >= 0.3 is 0 Å². The van der Waals surface area contributed by atoms with Crippen LogP contribution in [0.2, 0.25) is 5.02 Å². The molecule has 1 N–H and O–H groups in total. The molecule has 3 rings (SSSR count). The van der Waals surface area contributed by atoms with E-state index in [-0.39, 0.29) is 11.3 Å². The van der Waals surface area contributed by atoms with E-state index in [2.05, 4.69) is 18.7 Å². The van der Waals surface area contributed by atoms with Gasteiger partial charge in [-0.25, -0.2) is 0 Å². The minimum atomic E-state index is -0.680. The van der Waals surface area contributed by atoms with Crippen LogP contribution >= 0.6 is 11.6 Å². The summed E-state index contributed by atoms with van der Waals surface area (Å²) < 4.78 is 0. The molecule has 0 aromatic heterocycles. The quantitative estimate of drug-likeness (QED) is 0.404. The van der Waals surface area contributed by atoms with Crippen molar-refractivity contribution in [3.8, 4) is 0 Å². The molecule has 1 amide bonds. The summed E-state index contributed by atoms with van der Waals surface area (Å²) in [6.07, 6.45) is 0. The molecule has 1 unspecified atom stereocenters. The Balaban J connectivity index is 2.09. The molecule has 2 aromatic rings. The fourth-order valence-electron chi connectivity index (χ4n) is 3.79. The number of amides is 1. The molecule has 0 saturated carbocycles. The van der Waals surface area contributed by atoms with Crippen LogP contribution in [0.1, 0.15) is 36.6 Å². The van der Waals surface area contributed by atoms with Gasteiger partial charge in [0, 0.05) is 23.7 Å². The smallest absolute Gasteiger partial charge is 0.295 e. The maximum absolute atomic E-state index is 13.0. The summed E-state index contributed by atoms with van der Waals surface area (Å²) in [6, 6.07) is 13.6. The third-order valence-electron chi connectivity index (χ3n) is 5.58. The van der Waals surface area contributed by atoms with Gasteiger partial charge in [0.1, 0.15) is 5.76 Å². The number of rotatable bonds is 7. The molecule has 1 heterocycles. The Morgan fingerprint density at radius 1 is 1.10 bits per heavy atom. The molecule has 30 heavy (non-hydrogen) atoms. The van der Waals surface area contributed by atoms with Gasteiger partial charge in [-0.15, -0.1) is 0 Å². The first-order valence-corrected chi connectivity index (χ1v) is 10.6. The topological polar surface area (TPSA) is 60.9 Å². The highest BCUT2D eigenvalue weighted by atomic mass is 35.5. The van der Waals surface area contributed by atoms with Crippen molar-refractivity contribution in [3.05, 3.63) is 75.8 Å². The van der Waals surface area contributed by atoms with Crippen LogP contribution < -0.4 is 0 Å². The van der Waals surface area contributed by atoms with Crippen LogP contribution in [0.25, 0.3) is 5.76 Å². The predicted octanol–water partition coefficient (Wildman–Crippen LogP) is 4.41. The second-order valence-corrected chi connectivity index (χ2v) is 7.88. The van der Waals surface area contributed by atoms with E-state index in [1.54, 1.807) is 35.2 Å². The number of aliphatic hydroxyl groups is 1. The number of aliphatic hydroxyl groups excluding tert-OH is 1. The summed E-state index contributed by atoms with van der Waals surface area (Å²) in [7, 11) is 0. The van der Waals surface area contributed by atoms with Crippen LogP contribution in [0.15, 0.2) is 54.1 Å². The van der Waals surface area contributed by atoms with Gasteiger partial charge in [-0.05, 0) is 37.7 Å². The van der Waals surface area contributed by atoms with Crippen molar-refractivity contribution in [2.75, 3.05) is 26.2 Å². The van der Waals surface area contributed by atoms with Gasteiger partial charge in [0.05, 0.1) is 11.6 Å². The van der Waals surface area contributed by atoms with E-state index in [1.807, 2.05) is 25.1 Å². The van der Waals surface area contributed by atoms with Crippen molar-refractivity contribution < 1.29 is 14.7 Å². The van der Waals surface area contributed by atoms with E-state index >= 15 is 0 Å². The van der Waals surface area contributed by atoms with Gasteiger partial charge in [-0.1, -0.05) is 67.4 Å². The Hall–Kier alpha value is -2.63. The number of benzene rings is 2. The van der Waals surface area contributed by atoms with E-state index in [1.165, 1.54) is 0 Å². The highest BCUT2D eigenvalue weighted by Crippen LogP contribution is 2.39. The Morgan fingerprint density at radius 3 is 2.37 bits per heavy atom. The highest BCUT2D eigenvalue weighted by molar-refractivity contribution is 6.46. The van der Waals surface area contributed by atoms with Crippen molar-refractivity contribution in [1.82, 2.24) is 9.80 Å². The number of halogens is 1. The number of likely N-dealkylation sites (N-methyl/N-ethyl adjacent to an activating group) is 1. The third-order valence-corrected chi connectivity index (χ3v) is 5.82. The number of Topliss-reactive ketones (excluding diaryl/α,β-unsaturated/α-hetero) is 1. The molecule has 1 saturated heterocycles. The number of ketones is 1. The van der Waals surface area contributed by atoms with Gasteiger partial charge in [-0.3, -0.25) is 9.59 Å². The van der Waals surface area contributed by atoms with Gasteiger partial charge in [0.15, 0.2) is 0 Å². The molecule has 6 heteroatoms. The summed E-state index contributed by atoms with van der Waals surface area (Å²) in [5.74, 6) is -1.43. The normalized spacial score (nSPS) is 18.4. The van der Waals surface area contributed by atoms with Gasteiger partial charge in [0.2, 0.25) is 0 Å². The summed E-state index contributed by atoms with van der Waals surface area (Å²) in [6.45, 7) is 8.79. The zero-order chi connectivity index (χ0) is 21.8. The monoisotopic (exact) mass is 426 g/mol. The van der Waals surface area contributed by atoms with Crippen molar-refractivity contribution >= 4 is 29.1 Å². The van der Waals surface area contributed by atoms with Crippen LogP contribution in [-0.4, -0.2) is 52.8 Å². The van der Waals surface area contributed by atoms with Crippen LogP contribution in [0.3, 0.4) is 0 Å². The lowest BCUT2D eigenvalue weighted by Gasteiger charge is -2.28. The van der Waals surface area contributed by atoms with E-state index in [4.69, 9.17) is 11.6 Å². The lowest BCUT2D eigenvalue weighted by Crippen LogP contribution is -2.38. The number of carbonyl (C=O) groups is 2. The van der Waals surface area contributed by atoms with Crippen molar-refractivity contribution in [3.63, 3.8) is 0 Å². The zero-order valence-corrected chi connectivity index (χ0v) is 18.3. The average molecular weight is 427 g/mol. The maximum atomic E-state index is 13.0. The lowest BCUT2D eigenvalue weighted by molar-refractivity contribution is -0.140. The Bertz CT molecular complexity index is 965. The molecular formula is C24H27ClN2O3. The predicted molar refractivity (Wildman–Crippen MR) is 119 cm³/mol. The van der Waals surface area contributed by atoms with Crippen molar-refractivity contribution in [2.45, 2.75) is 26.8 Å². The zero-order valence-electron chi connectivity index (χ0n) is 17.6. The second kappa shape index (κ2) is 9.45. The molecule has 5 nitrogen and oxygen atoms in total. The van der Waals surface area contributed by atoms with Gasteiger partial charge in [0.25, 0.3) is 11.7 Å². The average Bonchev–Trinajstić information content (AvgIpc) is 2.99. The summed E-state index contributed by atoms with van der Waals surface area (Å²) >= 11 is 6.20. The van der Waals surface area contributed by atoms with Crippen LogP contribution in [0.5, 0.6) is 0 Å². The van der Waals surface area contributed by atoms with Crippen LogP contribution in [0, 0.1) is 6.92 Å². The van der Waals surface area contributed by atoms with Crippen LogP contribution in [-0.2, 0) is 9.59 Å². The summed E-state index contributed by atoms with van der Waals surface area (Å²) in [5.41, 5.74) is 2.35. The summed E-state index contributed by atoms with van der Waals surface area (Å²) in [5, 5.41) is 11.5. The largest absolute Gasteiger partial charge is 0.507 e. The number of carbonyl (C=O) groups excluding carboxylic acids is 2. The molecule has 1 aliphatic rings. The Labute approximate surface area is 182 Å². The third kappa shape index (κ3) is 4.42. The molecular weight excluding hydrogens is 400 g/mol. The highest BCUT2D eigenvalue weighted by Gasteiger charge is 2.46. The van der Waals surface area contributed by atoms with E-state index in [0.29, 0.717) is 29.2 Å². The first kappa shape index (κ1) is 22.1.